The van der Waals surface area contributed by atoms with Crippen molar-refractivity contribution in [2.45, 2.75) is 56.3 Å². The number of nitrogens with one attached hydrogen (secondary N) is 1. The van der Waals surface area contributed by atoms with Gasteiger partial charge in [0.1, 0.15) is 6.04 Å². The van der Waals surface area contributed by atoms with E-state index in [1.807, 2.05) is 48.5 Å². The van der Waals surface area contributed by atoms with Gasteiger partial charge in [-0.2, -0.15) is 0 Å². The Labute approximate surface area is 208 Å². The molecule has 0 spiro atoms. The predicted molar refractivity (Wildman–Crippen MR) is 135 cm³/mol. The number of rotatable bonds is 6. The van der Waals surface area contributed by atoms with Gasteiger partial charge in [0.2, 0.25) is 5.91 Å². The van der Waals surface area contributed by atoms with Crippen LogP contribution in [0.2, 0.25) is 0 Å². The van der Waals surface area contributed by atoms with Crippen molar-refractivity contribution < 1.29 is 19.8 Å². The molecule has 4 atom stereocenters. The van der Waals surface area contributed by atoms with Crippen LogP contribution >= 0.6 is 0 Å². The normalized spacial score (nSPS) is 21.7. The number of anilines is 1. The molecule has 5 rings (SSSR count). The third-order valence-electron chi connectivity index (χ3n) is 7.33. The Morgan fingerprint density at radius 2 is 1.69 bits per heavy atom. The molecule has 3 aromatic rings. The second kappa shape index (κ2) is 9.99. The van der Waals surface area contributed by atoms with Crippen LogP contribution < -0.4 is 10.9 Å². The number of nitrogens with zero attached hydrogens (tertiary/aromatic N) is 2. The maximum atomic E-state index is 12.9. The second-order valence-corrected chi connectivity index (χ2v) is 9.51. The van der Waals surface area contributed by atoms with Crippen molar-refractivity contribution in [3.63, 3.8) is 0 Å². The predicted octanol–water partition coefficient (Wildman–Crippen LogP) is 3.76. The van der Waals surface area contributed by atoms with E-state index in [0.29, 0.717) is 43.4 Å². The molecule has 1 aromatic heterocycles. The minimum atomic E-state index is -1.03. The number of likely N-dealkylation sites (tertiary alicyclic amines) is 1. The first-order chi connectivity index (χ1) is 17.4. The number of carbonyl (C=O) groups is 2. The van der Waals surface area contributed by atoms with Gasteiger partial charge in [-0.15, -0.1) is 0 Å². The van der Waals surface area contributed by atoms with Gasteiger partial charge in [-0.05, 0) is 61.4 Å². The maximum absolute atomic E-state index is 12.9. The van der Waals surface area contributed by atoms with Crippen LogP contribution in [-0.4, -0.2) is 43.8 Å². The van der Waals surface area contributed by atoms with Gasteiger partial charge in [-0.25, -0.2) is 4.79 Å². The number of aliphatic hydroxyl groups is 1. The Bertz CT molecular complexity index is 1300. The number of aromatic nitrogens is 1. The fourth-order valence-electron chi connectivity index (χ4n) is 5.58. The summed E-state index contributed by atoms with van der Waals surface area (Å²) in [4.78, 5) is 38.6. The quantitative estimate of drug-likeness (QED) is 0.490. The second-order valence-electron chi connectivity index (χ2n) is 9.51. The molecular formula is C28H29N3O5. The highest BCUT2D eigenvalue weighted by atomic mass is 16.4. The van der Waals surface area contributed by atoms with E-state index >= 15 is 0 Å². The number of hydrogen-bond donors (Lipinski definition) is 3. The molecule has 0 saturated carbocycles. The van der Waals surface area contributed by atoms with Crippen LogP contribution in [-0.2, 0) is 17.6 Å². The Hall–Kier alpha value is -3.91. The summed E-state index contributed by atoms with van der Waals surface area (Å²) in [6, 6.07) is 20.3. The van der Waals surface area contributed by atoms with Gasteiger partial charge >= 0.3 is 6.09 Å². The first kappa shape index (κ1) is 23.8. The Morgan fingerprint density at radius 1 is 0.944 bits per heavy atom. The van der Waals surface area contributed by atoms with Crippen molar-refractivity contribution in [1.82, 2.24) is 9.47 Å². The number of carbonyl (C=O) groups excluding carboxylic acids is 1. The third-order valence-corrected chi connectivity index (χ3v) is 7.33. The molecule has 2 aliphatic rings. The van der Waals surface area contributed by atoms with Crippen LogP contribution in [0.3, 0.4) is 0 Å². The molecule has 186 valence electrons. The molecule has 8 nitrogen and oxygen atoms in total. The molecule has 8 heteroatoms. The summed E-state index contributed by atoms with van der Waals surface area (Å²) in [6.07, 6.45) is 1.13. The van der Waals surface area contributed by atoms with Crippen LogP contribution in [0.25, 0.3) is 0 Å². The number of pyridine rings is 1. The van der Waals surface area contributed by atoms with Crippen LogP contribution in [0.15, 0.2) is 77.6 Å². The number of benzene rings is 2. The minimum Gasteiger partial charge on any atom is -0.465 e. The van der Waals surface area contributed by atoms with Crippen LogP contribution in [0.4, 0.5) is 10.5 Å². The van der Waals surface area contributed by atoms with Gasteiger partial charge in [-0.3, -0.25) is 14.5 Å². The van der Waals surface area contributed by atoms with Crippen molar-refractivity contribution in [2.75, 3.05) is 5.32 Å². The Morgan fingerprint density at radius 3 is 2.42 bits per heavy atom. The zero-order valence-electron chi connectivity index (χ0n) is 19.8. The molecule has 1 fully saturated rings. The maximum Gasteiger partial charge on any atom is 0.407 e. The van der Waals surface area contributed by atoms with Crippen LogP contribution in [0.1, 0.15) is 48.2 Å². The molecule has 2 aliphatic heterocycles. The highest BCUT2D eigenvalue weighted by Crippen LogP contribution is 2.35. The molecular weight excluding hydrogens is 458 g/mol. The van der Waals surface area contributed by atoms with E-state index in [2.05, 4.69) is 5.32 Å². The van der Waals surface area contributed by atoms with Crippen LogP contribution in [0, 0.1) is 0 Å². The molecule has 0 bridgehead atoms. The first-order valence-electron chi connectivity index (χ1n) is 12.3. The van der Waals surface area contributed by atoms with E-state index in [1.54, 1.807) is 22.8 Å². The standard InChI is InChI=1S/C28H29N3O5/c32-25-8-4-7-21-13-16-24(30(21)25)27(34)29-20-11-9-18(10-12-20)17-22-14-15-23(31(22)28(35)36)26(33)19-5-2-1-3-6-19/h1-12,22-24,26,33H,13-17H2,(H,29,34)(H,35,36)/t22-,23+,24+,26+/m0/s1. The lowest BCUT2D eigenvalue weighted by Crippen LogP contribution is -2.44. The smallest absolute Gasteiger partial charge is 0.407 e. The minimum absolute atomic E-state index is 0.171. The largest absolute Gasteiger partial charge is 0.465 e. The Kier molecular flexibility index (Phi) is 6.61. The highest BCUT2D eigenvalue weighted by Gasteiger charge is 2.41. The fraction of sp³-hybridized carbons (Fsp3) is 0.321. The lowest BCUT2D eigenvalue weighted by molar-refractivity contribution is -0.119. The van der Waals surface area contributed by atoms with Gasteiger partial charge in [0.05, 0.1) is 12.1 Å². The molecule has 0 unspecified atom stereocenters. The summed E-state index contributed by atoms with van der Waals surface area (Å²) in [5.41, 5.74) is 2.98. The number of carboxylic acid groups (broad SMARTS) is 1. The average Bonchev–Trinajstić information content (AvgIpc) is 3.51. The summed E-state index contributed by atoms with van der Waals surface area (Å²) < 4.78 is 1.56. The molecule has 1 saturated heterocycles. The van der Waals surface area contributed by atoms with E-state index in [1.165, 1.54) is 11.0 Å². The number of fused-ring (bicyclic) bond motifs is 1. The van der Waals surface area contributed by atoms with E-state index in [4.69, 9.17) is 0 Å². The SMILES string of the molecule is O=C(Nc1ccc(C[C@@H]2CC[C@H]([C@H](O)c3ccccc3)N2C(=O)O)cc1)[C@H]1CCc2cccc(=O)n21. The summed E-state index contributed by atoms with van der Waals surface area (Å²) in [5, 5.41) is 23.7. The molecule has 0 aliphatic carbocycles. The molecule has 3 N–H and O–H groups in total. The highest BCUT2D eigenvalue weighted by molar-refractivity contribution is 5.94. The van der Waals surface area contributed by atoms with E-state index < -0.39 is 24.3 Å². The summed E-state index contributed by atoms with van der Waals surface area (Å²) in [6.45, 7) is 0. The summed E-state index contributed by atoms with van der Waals surface area (Å²) >= 11 is 0. The molecule has 2 aromatic carbocycles. The van der Waals surface area contributed by atoms with Crippen molar-refractivity contribution in [1.29, 1.82) is 0 Å². The zero-order chi connectivity index (χ0) is 25.2. The first-order valence-corrected chi connectivity index (χ1v) is 12.3. The third kappa shape index (κ3) is 4.64. The van der Waals surface area contributed by atoms with Gasteiger partial charge in [0.25, 0.3) is 5.56 Å². The number of amides is 2. The Balaban J connectivity index is 1.24. The topological polar surface area (TPSA) is 112 Å². The summed E-state index contributed by atoms with van der Waals surface area (Å²) in [7, 11) is 0. The van der Waals surface area contributed by atoms with Crippen molar-refractivity contribution in [2.24, 2.45) is 0 Å². The molecule has 0 radical (unpaired) electrons. The van der Waals surface area contributed by atoms with Crippen molar-refractivity contribution in [3.8, 4) is 0 Å². The fourth-order valence-corrected chi connectivity index (χ4v) is 5.58. The van der Waals surface area contributed by atoms with Gasteiger partial charge in [-0.1, -0.05) is 48.5 Å². The molecule has 2 amide bonds. The zero-order valence-corrected chi connectivity index (χ0v) is 19.8. The van der Waals surface area contributed by atoms with Gasteiger partial charge in [0, 0.05) is 23.5 Å². The molecule has 3 heterocycles. The van der Waals surface area contributed by atoms with Crippen LogP contribution in [0.5, 0.6) is 0 Å². The molecule has 36 heavy (non-hydrogen) atoms. The summed E-state index contributed by atoms with van der Waals surface area (Å²) in [5.74, 6) is -0.222. The van der Waals surface area contributed by atoms with Gasteiger partial charge < -0.3 is 20.1 Å². The van der Waals surface area contributed by atoms with E-state index in [-0.39, 0.29) is 17.5 Å². The monoisotopic (exact) mass is 487 g/mol. The van der Waals surface area contributed by atoms with E-state index in [9.17, 15) is 24.6 Å². The lowest BCUT2D eigenvalue weighted by atomic mass is 10.0. The number of aryl methyl sites for hydroxylation is 1. The van der Waals surface area contributed by atoms with E-state index in [0.717, 1.165) is 11.3 Å². The lowest BCUT2D eigenvalue weighted by Gasteiger charge is -2.31. The van der Waals surface area contributed by atoms with Gasteiger partial charge in [0.15, 0.2) is 0 Å². The number of hydrogen-bond acceptors (Lipinski definition) is 4. The average molecular weight is 488 g/mol. The van der Waals surface area contributed by atoms with Crippen molar-refractivity contribution in [3.05, 3.63) is 100.0 Å². The van der Waals surface area contributed by atoms with Crippen molar-refractivity contribution >= 4 is 17.7 Å². The number of aliphatic hydroxyl groups excluding tert-OH is 1.